The molecule has 0 aliphatic heterocycles. The summed E-state index contributed by atoms with van der Waals surface area (Å²) in [6.45, 7) is 11.6. The van der Waals surface area contributed by atoms with Gasteiger partial charge in [0.1, 0.15) is 0 Å². The van der Waals surface area contributed by atoms with Crippen molar-refractivity contribution in [3.05, 3.63) is 30.0 Å². The number of rotatable bonds is 16. The van der Waals surface area contributed by atoms with Gasteiger partial charge >= 0.3 is 0 Å². The Hall–Kier alpha value is -2.00. The Morgan fingerprint density at radius 3 is 2.61 bits per heavy atom. The van der Waals surface area contributed by atoms with E-state index in [0.717, 1.165) is 48.7 Å². The van der Waals surface area contributed by atoms with Crippen molar-refractivity contribution in [2.75, 3.05) is 20.3 Å². The van der Waals surface area contributed by atoms with Crippen LogP contribution in [0.4, 0.5) is 0 Å². The Morgan fingerprint density at radius 2 is 1.97 bits per heavy atom. The van der Waals surface area contributed by atoms with Crippen LogP contribution in [-0.2, 0) is 16.1 Å². The third-order valence-electron chi connectivity index (χ3n) is 7.27. The Morgan fingerprint density at radius 1 is 1.25 bits per heavy atom. The van der Waals surface area contributed by atoms with Gasteiger partial charge in [-0.25, -0.2) is 0 Å². The third kappa shape index (κ3) is 8.26. The van der Waals surface area contributed by atoms with Crippen LogP contribution in [0.25, 0.3) is 10.9 Å². The largest absolute Gasteiger partial charge is 0.390 e. The highest BCUT2D eigenvalue weighted by Crippen LogP contribution is 2.33. The topological polar surface area (TPSA) is 123 Å². The van der Waals surface area contributed by atoms with Crippen LogP contribution >= 0.6 is 0 Å². The molecule has 5 N–H and O–H groups in total. The molecular weight excluding hydrogens is 456 g/mol. The van der Waals surface area contributed by atoms with Crippen molar-refractivity contribution in [3.8, 4) is 0 Å². The van der Waals surface area contributed by atoms with Crippen LogP contribution in [0.3, 0.4) is 0 Å². The van der Waals surface area contributed by atoms with E-state index in [2.05, 4.69) is 31.2 Å². The fourth-order valence-corrected chi connectivity index (χ4v) is 4.61. The number of nitrogens with one attached hydrogen (secondary N) is 1. The molecule has 4 atom stereocenters. The number of ether oxygens (including phenoxy) is 1. The van der Waals surface area contributed by atoms with Gasteiger partial charge < -0.3 is 26.0 Å². The summed E-state index contributed by atoms with van der Waals surface area (Å²) < 4.78 is 7.09. The van der Waals surface area contributed by atoms with Gasteiger partial charge in [-0.2, -0.15) is 5.10 Å². The van der Waals surface area contributed by atoms with Gasteiger partial charge in [0.25, 0.3) is 0 Å². The van der Waals surface area contributed by atoms with Crippen LogP contribution < -0.4 is 11.1 Å². The van der Waals surface area contributed by atoms with Gasteiger partial charge in [0, 0.05) is 43.6 Å². The summed E-state index contributed by atoms with van der Waals surface area (Å²) in [7, 11) is 1.69. The Balaban J connectivity index is 2.05. The third-order valence-corrected chi connectivity index (χ3v) is 7.27. The smallest absolute Gasteiger partial charge is 0.225 e. The number of nitrogens with zero attached hydrogens (tertiary/aromatic N) is 2. The number of nitrogens with two attached hydrogens (primary N) is 1. The molecule has 8 nitrogen and oxygen atoms in total. The number of aryl methyl sites for hydroxylation is 1. The molecule has 0 saturated heterocycles. The molecule has 0 bridgehead atoms. The molecule has 1 aromatic carbocycles. The van der Waals surface area contributed by atoms with Gasteiger partial charge in [-0.05, 0) is 42.7 Å². The molecule has 1 aromatic heterocycles. The van der Waals surface area contributed by atoms with Crippen LogP contribution in [-0.4, -0.2) is 58.3 Å². The minimum Gasteiger partial charge on any atom is -0.390 e. The normalized spacial score (nSPS) is 15.7. The molecule has 0 fully saturated rings. The van der Waals surface area contributed by atoms with Gasteiger partial charge in [-0.1, -0.05) is 59.6 Å². The maximum Gasteiger partial charge on any atom is 0.225 e. The predicted molar refractivity (Wildman–Crippen MR) is 144 cm³/mol. The van der Waals surface area contributed by atoms with Crippen molar-refractivity contribution >= 4 is 16.8 Å². The molecule has 0 saturated carbocycles. The first kappa shape index (κ1) is 30.2. The van der Waals surface area contributed by atoms with E-state index in [-0.39, 0.29) is 24.3 Å². The Labute approximate surface area is 216 Å². The number of carbonyl (C=O) groups excluding carboxylic acids is 1. The number of aliphatic hydroxyl groups excluding tert-OH is 2. The number of fused-ring (bicyclic) bond motifs is 1. The summed E-state index contributed by atoms with van der Waals surface area (Å²) in [6, 6.07) is 5.34. The van der Waals surface area contributed by atoms with E-state index in [1.807, 2.05) is 42.9 Å². The van der Waals surface area contributed by atoms with Crippen molar-refractivity contribution in [1.82, 2.24) is 15.1 Å². The molecule has 0 spiro atoms. The maximum atomic E-state index is 12.6. The highest BCUT2D eigenvalue weighted by atomic mass is 16.5. The van der Waals surface area contributed by atoms with Gasteiger partial charge in [-0.3, -0.25) is 9.48 Å². The zero-order chi connectivity index (χ0) is 26.9. The molecule has 36 heavy (non-hydrogen) atoms. The molecule has 0 unspecified atom stereocenters. The molecule has 0 aliphatic carbocycles. The average Bonchev–Trinajstić information content (AvgIpc) is 3.25. The fourth-order valence-electron chi connectivity index (χ4n) is 4.61. The van der Waals surface area contributed by atoms with Gasteiger partial charge in [-0.15, -0.1) is 0 Å². The van der Waals surface area contributed by atoms with E-state index in [9.17, 15) is 15.0 Å². The molecule has 0 radical (unpaired) electrons. The van der Waals surface area contributed by atoms with E-state index in [0.29, 0.717) is 13.0 Å². The zero-order valence-corrected chi connectivity index (χ0v) is 23.0. The quantitative estimate of drug-likeness (QED) is 0.258. The van der Waals surface area contributed by atoms with Crippen LogP contribution in [0.5, 0.6) is 0 Å². The molecule has 204 valence electrons. The molecule has 8 heteroatoms. The first-order valence-electron chi connectivity index (χ1n) is 13.4. The van der Waals surface area contributed by atoms with E-state index in [4.69, 9.17) is 10.5 Å². The summed E-state index contributed by atoms with van der Waals surface area (Å²) in [5.41, 5.74) is 7.68. The van der Waals surface area contributed by atoms with Gasteiger partial charge in [0.15, 0.2) is 0 Å². The molecule has 0 aliphatic rings. The first-order chi connectivity index (χ1) is 17.0. The molecule has 2 aromatic rings. The summed E-state index contributed by atoms with van der Waals surface area (Å²) in [4.78, 5) is 12.6. The SMILES string of the molecule is CCCCC(C)(C)C(=O)NC[C@H](O)[C@@H](N)C[C@@H](C(C)C)[C@@H](O)c1ccc2cnn(CCCOC)c2c1. The summed E-state index contributed by atoms with van der Waals surface area (Å²) in [5, 5.41) is 30.4. The Kier molecular flexibility index (Phi) is 11.8. The van der Waals surface area contributed by atoms with E-state index in [1.54, 1.807) is 7.11 Å². The molecule has 2 rings (SSSR count). The number of aliphatic hydroxyl groups is 2. The predicted octanol–water partition coefficient (Wildman–Crippen LogP) is 3.79. The lowest BCUT2D eigenvalue weighted by molar-refractivity contribution is -0.130. The number of benzene rings is 1. The molecular formula is C28H48N4O4. The van der Waals surface area contributed by atoms with Crippen LogP contribution in [0.1, 0.15) is 78.4 Å². The average molecular weight is 505 g/mol. The molecule has 1 amide bonds. The lowest BCUT2D eigenvalue weighted by Gasteiger charge is -2.31. The standard InChI is InChI=1S/C28H48N4O4/c1-7-8-12-28(4,5)27(35)30-18-25(33)23(29)16-22(19(2)3)26(34)20-10-11-21-17-31-32(24(21)15-20)13-9-14-36-6/h10-11,15,17,19,22-23,25-26,33-34H,7-9,12-14,16,18,29H2,1-6H3,(H,30,35)/t22-,23-,25-,26-/m0/s1. The summed E-state index contributed by atoms with van der Waals surface area (Å²) in [6.07, 6.45) is 4.31. The number of amides is 1. The second-order valence-corrected chi connectivity index (χ2v) is 11.0. The van der Waals surface area contributed by atoms with Gasteiger partial charge in [0.05, 0.1) is 23.9 Å². The number of carbonyl (C=O) groups is 1. The minimum atomic E-state index is -0.894. The lowest BCUT2D eigenvalue weighted by atomic mass is 9.81. The summed E-state index contributed by atoms with van der Waals surface area (Å²) in [5.74, 6) is -0.0881. The van der Waals surface area contributed by atoms with E-state index >= 15 is 0 Å². The Bertz CT molecular complexity index is 943. The van der Waals surface area contributed by atoms with Crippen molar-refractivity contribution < 1.29 is 19.7 Å². The van der Waals surface area contributed by atoms with E-state index in [1.165, 1.54) is 0 Å². The number of methoxy groups -OCH3 is 1. The number of hydrogen-bond donors (Lipinski definition) is 4. The van der Waals surface area contributed by atoms with Crippen molar-refractivity contribution in [2.24, 2.45) is 23.0 Å². The first-order valence-corrected chi connectivity index (χ1v) is 13.4. The van der Waals surface area contributed by atoms with Crippen molar-refractivity contribution in [3.63, 3.8) is 0 Å². The second kappa shape index (κ2) is 14.1. The monoisotopic (exact) mass is 504 g/mol. The summed E-state index contributed by atoms with van der Waals surface area (Å²) >= 11 is 0. The highest BCUT2D eigenvalue weighted by molar-refractivity contribution is 5.81. The highest BCUT2D eigenvalue weighted by Gasteiger charge is 2.31. The number of aromatic nitrogens is 2. The van der Waals surface area contributed by atoms with E-state index < -0.39 is 23.7 Å². The lowest BCUT2D eigenvalue weighted by Crippen LogP contribution is -2.47. The van der Waals surface area contributed by atoms with Gasteiger partial charge in [0.2, 0.25) is 5.91 Å². The van der Waals surface area contributed by atoms with Crippen LogP contribution in [0.2, 0.25) is 0 Å². The van der Waals surface area contributed by atoms with Crippen LogP contribution in [0, 0.1) is 17.3 Å². The van der Waals surface area contributed by atoms with Crippen molar-refractivity contribution in [1.29, 1.82) is 0 Å². The molecule has 1 heterocycles. The zero-order valence-electron chi connectivity index (χ0n) is 23.0. The second-order valence-electron chi connectivity index (χ2n) is 11.0. The maximum absolute atomic E-state index is 12.6. The number of hydrogen-bond acceptors (Lipinski definition) is 6. The van der Waals surface area contributed by atoms with Crippen molar-refractivity contribution in [2.45, 2.75) is 91.5 Å². The minimum absolute atomic E-state index is 0.0712. The number of unbranched alkanes of at least 4 members (excludes halogenated alkanes) is 1. The van der Waals surface area contributed by atoms with Crippen LogP contribution in [0.15, 0.2) is 24.4 Å². The fraction of sp³-hybridized carbons (Fsp3) is 0.714.